The van der Waals surface area contributed by atoms with Gasteiger partial charge in [0.25, 0.3) is 0 Å². The fourth-order valence-electron chi connectivity index (χ4n) is 3.27. The second kappa shape index (κ2) is 7.96. The molecule has 1 aliphatic carbocycles. The van der Waals surface area contributed by atoms with Crippen LogP contribution in [0.3, 0.4) is 0 Å². The first-order chi connectivity index (χ1) is 12.5. The third-order valence-electron chi connectivity index (χ3n) is 4.52. The average Bonchev–Trinajstić information content (AvgIpc) is 2.62. The Kier molecular flexibility index (Phi) is 5.67. The van der Waals surface area contributed by atoms with E-state index < -0.39 is 11.9 Å². The van der Waals surface area contributed by atoms with Crippen LogP contribution in [0.15, 0.2) is 59.1 Å². The number of carbonyl (C=O) groups excluding carboxylic acids is 2. The van der Waals surface area contributed by atoms with Gasteiger partial charge < -0.3 is 4.74 Å². The Morgan fingerprint density at radius 3 is 2.42 bits per heavy atom. The molecule has 0 aromatic heterocycles. The Labute approximate surface area is 160 Å². The van der Waals surface area contributed by atoms with Crippen molar-refractivity contribution in [3.63, 3.8) is 0 Å². The van der Waals surface area contributed by atoms with Crippen LogP contribution in [0, 0.1) is 11.7 Å². The predicted octanol–water partition coefficient (Wildman–Crippen LogP) is 4.91. The molecule has 0 amide bonds. The molecule has 0 aliphatic heterocycles. The zero-order chi connectivity index (χ0) is 18.7. The van der Waals surface area contributed by atoms with Gasteiger partial charge in [0.05, 0.1) is 6.61 Å². The SMILES string of the molecule is CCOC(=O)[C@@H]1C(=O)C=C(c2ccc(F)cc2)C[C@H]1c1ccc(Br)cc1. The van der Waals surface area contributed by atoms with E-state index in [-0.39, 0.29) is 24.1 Å². The Bertz CT molecular complexity index is 841. The van der Waals surface area contributed by atoms with Crippen molar-refractivity contribution >= 4 is 33.3 Å². The van der Waals surface area contributed by atoms with Gasteiger partial charge in [-0.1, -0.05) is 40.2 Å². The molecule has 0 heterocycles. The lowest BCUT2D eigenvalue weighted by molar-refractivity contribution is -0.151. The fraction of sp³-hybridized carbons (Fsp3) is 0.238. The largest absolute Gasteiger partial charge is 0.465 e. The van der Waals surface area contributed by atoms with E-state index in [9.17, 15) is 14.0 Å². The molecule has 0 saturated carbocycles. The molecular weight excluding hydrogens is 399 g/mol. The van der Waals surface area contributed by atoms with Gasteiger partial charge in [0, 0.05) is 10.4 Å². The van der Waals surface area contributed by atoms with Gasteiger partial charge in [-0.15, -0.1) is 0 Å². The number of benzene rings is 2. The van der Waals surface area contributed by atoms with Crippen molar-refractivity contribution in [2.24, 2.45) is 5.92 Å². The summed E-state index contributed by atoms with van der Waals surface area (Å²) in [5.74, 6) is -2.29. The van der Waals surface area contributed by atoms with Crippen molar-refractivity contribution in [3.8, 4) is 0 Å². The predicted molar refractivity (Wildman–Crippen MR) is 101 cm³/mol. The van der Waals surface area contributed by atoms with E-state index in [4.69, 9.17) is 4.74 Å². The van der Waals surface area contributed by atoms with Crippen LogP contribution in [0.25, 0.3) is 5.57 Å². The molecule has 0 saturated heterocycles. The van der Waals surface area contributed by atoms with Crippen LogP contribution in [-0.4, -0.2) is 18.4 Å². The third kappa shape index (κ3) is 3.93. The minimum absolute atomic E-state index is 0.226. The Morgan fingerprint density at radius 1 is 1.15 bits per heavy atom. The van der Waals surface area contributed by atoms with Crippen LogP contribution in [-0.2, 0) is 14.3 Å². The van der Waals surface area contributed by atoms with Crippen molar-refractivity contribution in [1.29, 1.82) is 0 Å². The molecule has 0 unspecified atom stereocenters. The molecule has 0 N–H and O–H groups in total. The van der Waals surface area contributed by atoms with Crippen LogP contribution in [0.2, 0.25) is 0 Å². The first kappa shape index (κ1) is 18.5. The lowest BCUT2D eigenvalue weighted by Crippen LogP contribution is -2.34. The van der Waals surface area contributed by atoms with Crippen LogP contribution < -0.4 is 0 Å². The van der Waals surface area contributed by atoms with Crippen LogP contribution in [0.1, 0.15) is 30.4 Å². The van der Waals surface area contributed by atoms with Gasteiger partial charge in [-0.25, -0.2) is 4.39 Å². The molecule has 2 atom stereocenters. The molecule has 2 aromatic carbocycles. The van der Waals surface area contributed by atoms with Crippen LogP contribution in [0.4, 0.5) is 4.39 Å². The quantitative estimate of drug-likeness (QED) is 0.525. The summed E-state index contributed by atoms with van der Waals surface area (Å²) in [6.45, 7) is 1.95. The van der Waals surface area contributed by atoms with Gasteiger partial charge in [-0.05, 0) is 60.4 Å². The molecule has 1 aliphatic rings. The first-order valence-corrected chi connectivity index (χ1v) is 9.21. The van der Waals surface area contributed by atoms with Gasteiger partial charge in [0.1, 0.15) is 11.7 Å². The molecule has 3 rings (SSSR count). The Morgan fingerprint density at radius 2 is 1.81 bits per heavy atom. The first-order valence-electron chi connectivity index (χ1n) is 8.42. The molecular formula is C21H18BrFO3. The highest BCUT2D eigenvalue weighted by atomic mass is 79.9. The molecule has 134 valence electrons. The van der Waals surface area contributed by atoms with Gasteiger partial charge in [-0.2, -0.15) is 0 Å². The maximum atomic E-state index is 13.2. The molecule has 0 radical (unpaired) electrons. The maximum absolute atomic E-state index is 13.2. The van der Waals surface area contributed by atoms with Gasteiger partial charge in [0.2, 0.25) is 0 Å². The summed E-state index contributed by atoms with van der Waals surface area (Å²) in [5, 5.41) is 0. The molecule has 2 aromatic rings. The maximum Gasteiger partial charge on any atom is 0.317 e. The summed E-state index contributed by atoms with van der Waals surface area (Å²) in [7, 11) is 0. The molecule has 3 nitrogen and oxygen atoms in total. The van der Waals surface area contributed by atoms with E-state index >= 15 is 0 Å². The number of ketones is 1. The highest BCUT2D eigenvalue weighted by Gasteiger charge is 2.39. The zero-order valence-electron chi connectivity index (χ0n) is 14.2. The Balaban J connectivity index is 2.01. The number of carbonyl (C=O) groups is 2. The standard InChI is InChI=1S/C21H18BrFO3/c1-2-26-21(25)20-18(14-3-7-16(22)8-4-14)11-15(12-19(20)24)13-5-9-17(23)10-6-13/h3-10,12,18,20H,2,11H2,1H3/t18-,20-/m0/s1. The monoisotopic (exact) mass is 416 g/mol. The van der Waals surface area contributed by atoms with Crippen LogP contribution in [0.5, 0.6) is 0 Å². The summed E-state index contributed by atoms with van der Waals surface area (Å²) >= 11 is 3.40. The summed E-state index contributed by atoms with van der Waals surface area (Å²) in [6, 6.07) is 13.6. The second-order valence-corrected chi connectivity index (χ2v) is 7.09. The van der Waals surface area contributed by atoms with Gasteiger partial charge >= 0.3 is 5.97 Å². The highest BCUT2D eigenvalue weighted by Crippen LogP contribution is 2.40. The molecule has 0 bridgehead atoms. The van der Waals surface area contributed by atoms with Crippen LogP contribution >= 0.6 is 15.9 Å². The molecule has 5 heteroatoms. The number of rotatable bonds is 4. The lowest BCUT2D eigenvalue weighted by atomic mass is 9.73. The number of allylic oxidation sites excluding steroid dienone is 2. The van der Waals surface area contributed by atoms with Gasteiger partial charge in [0.15, 0.2) is 5.78 Å². The summed E-state index contributed by atoms with van der Waals surface area (Å²) < 4.78 is 19.3. The number of ether oxygens (including phenoxy) is 1. The zero-order valence-corrected chi connectivity index (χ0v) is 15.8. The number of hydrogen-bond acceptors (Lipinski definition) is 3. The lowest BCUT2D eigenvalue weighted by Gasteiger charge is -2.29. The summed E-state index contributed by atoms with van der Waals surface area (Å²) in [6.07, 6.45) is 1.99. The third-order valence-corrected chi connectivity index (χ3v) is 5.05. The van der Waals surface area contributed by atoms with E-state index in [0.29, 0.717) is 6.42 Å². The van der Waals surface area contributed by atoms with Crippen molar-refractivity contribution < 1.29 is 18.7 Å². The fourth-order valence-corrected chi connectivity index (χ4v) is 3.54. The number of esters is 1. The van der Waals surface area contributed by atoms with E-state index in [1.165, 1.54) is 18.2 Å². The topological polar surface area (TPSA) is 43.4 Å². The smallest absolute Gasteiger partial charge is 0.317 e. The molecule has 26 heavy (non-hydrogen) atoms. The normalized spacial score (nSPS) is 19.8. The van der Waals surface area contributed by atoms with E-state index in [2.05, 4.69) is 15.9 Å². The van der Waals surface area contributed by atoms with Crippen molar-refractivity contribution in [3.05, 3.63) is 76.0 Å². The second-order valence-electron chi connectivity index (χ2n) is 6.17. The van der Waals surface area contributed by atoms with Crippen molar-refractivity contribution in [2.75, 3.05) is 6.61 Å². The number of halogens is 2. The number of hydrogen-bond donors (Lipinski definition) is 0. The highest BCUT2D eigenvalue weighted by molar-refractivity contribution is 9.10. The summed E-state index contributed by atoms with van der Waals surface area (Å²) in [5.41, 5.74) is 2.47. The minimum Gasteiger partial charge on any atom is -0.465 e. The van der Waals surface area contributed by atoms with Crippen molar-refractivity contribution in [2.45, 2.75) is 19.3 Å². The van der Waals surface area contributed by atoms with E-state index in [1.807, 2.05) is 24.3 Å². The Hall–Kier alpha value is -2.27. The molecule has 0 fully saturated rings. The van der Waals surface area contributed by atoms with E-state index in [0.717, 1.165) is 21.2 Å². The van der Waals surface area contributed by atoms with Gasteiger partial charge in [-0.3, -0.25) is 9.59 Å². The van der Waals surface area contributed by atoms with Crippen molar-refractivity contribution in [1.82, 2.24) is 0 Å². The molecule has 0 spiro atoms. The van der Waals surface area contributed by atoms with E-state index in [1.54, 1.807) is 19.1 Å². The minimum atomic E-state index is -0.861. The summed E-state index contributed by atoms with van der Waals surface area (Å²) in [4.78, 5) is 25.2. The average molecular weight is 417 g/mol.